The molecule has 1 saturated carbocycles. The summed E-state index contributed by atoms with van der Waals surface area (Å²) in [7, 11) is 0. The smallest absolute Gasteiger partial charge is 0.236 e. The lowest BCUT2D eigenvalue weighted by atomic mass is 10.2. The van der Waals surface area contributed by atoms with E-state index in [9.17, 15) is 13.6 Å². The molecule has 0 bridgehead atoms. The van der Waals surface area contributed by atoms with Crippen molar-refractivity contribution in [3.63, 3.8) is 0 Å². The molecule has 0 radical (unpaired) electrons. The fourth-order valence-corrected chi connectivity index (χ4v) is 4.64. The van der Waals surface area contributed by atoms with Crippen LogP contribution in [0.25, 0.3) is 11.3 Å². The van der Waals surface area contributed by atoms with Crippen molar-refractivity contribution in [3.05, 3.63) is 65.2 Å². The predicted octanol–water partition coefficient (Wildman–Crippen LogP) is 4.93. The average molecular weight is 474 g/mol. The summed E-state index contributed by atoms with van der Waals surface area (Å²) in [5.41, 5.74) is 0.901. The molecule has 1 N–H and O–H groups in total. The molecule has 0 saturated heterocycles. The van der Waals surface area contributed by atoms with Crippen molar-refractivity contribution in [3.8, 4) is 11.3 Å². The molecule has 1 aliphatic rings. The number of nitrogens with one attached hydrogen (secondary N) is 1. The van der Waals surface area contributed by atoms with Crippen LogP contribution in [0.15, 0.2) is 51.5 Å². The summed E-state index contributed by atoms with van der Waals surface area (Å²) < 4.78 is 34.0. The van der Waals surface area contributed by atoms with Gasteiger partial charge in [-0.2, -0.15) is 0 Å². The third-order valence-corrected chi connectivity index (χ3v) is 6.60. The highest BCUT2D eigenvalue weighted by molar-refractivity contribution is 7.99. The van der Waals surface area contributed by atoms with Gasteiger partial charge in [-0.25, -0.2) is 13.8 Å². The number of amides is 1. The quantitative estimate of drug-likeness (QED) is 0.365. The van der Waals surface area contributed by atoms with Gasteiger partial charge >= 0.3 is 0 Å². The minimum absolute atomic E-state index is 0.126. The molecule has 7 nitrogen and oxygen atoms in total. The van der Waals surface area contributed by atoms with Gasteiger partial charge in [0.2, 0.25) is 5.91 Å². The molecule has 4 aromatic rings. The number of benzene rings is 1. The van der Waals surface area contributed by atoms with E-state index in [0.717, 1.165) is 36.6 Å². The maximum absolute atomic E-state index is 13.5. The molecule has 1 aromatic carbocycles. The highest BCUT2D eigenvalue weighted by atomic mass is 32.2. The molecular formula is C21H17F2N5O2S2. The van der Waals surface area contributed by atoms with E-state index in [0.29, 0.717) is 34.0 Å². The van der Waals surface area contributed by atoms with E-state index >= 15 is 0 Å². The highest BCUT2D eigenvalue weighted by Crippen LogP contribution is 2.40. The Balaban J connectivity index is 1.23. The minimum atomic E-state index is -0.943. The lowest BCUT2D eigenvalue weighted by Crippen LogP contribution is -2.14. The van der Waals surface area contributed by atoms with Gasteiger partial charge < -0.3 is 9.73 Å². The summed E-state index contributed by atoms with van der Waals surface area (Å²) in [5, 5.41) is 14.0. The Bertz CT molecular complexity index is 1250. The first-order valence-electron chi connectivity index (χ1n) is 9.86. The van der Waals surface area contributed by atoms with Crippen molar-refractivity contribution < 1.29 is 18.0 Å². The van der Waals surface area contributed by atoms with Gasteiger partial charge in [-0.05, 0) is 43.2 Å². The third-order valence-electron chi connectivity index (χ3n) is 4.88. The molecule has 0 unspecified atom stereocenters. The second-order valence-corrected chi connectivity index (χ2v) is 9.08. The number of carbonyl (C=O) groups excluding carboxylic acids is 1. The molecule has 32 heavy (non-hydrogen) atoms. The zero-order valence-electron chi connectivity index (χ0n) is 16.6. The second kappa shape index (κ2) is 8.83. The van der Waals surface area contributed by atoms with E-state index in [4.69, 9.17) is 4.42 Å². The fourth-order valence-electron chi connectivity index (χ4n) is 3.16. The number of thioether (sulfide) groups is 1. The first-order chi connectivity index (χ1) is 15.6. The van der Waals surface area contributed by atoms with Crippen LogP contribution >= 0.6 is 23.1 Å². The van der Waals surface area contributed by atoms with Gasteiger partial charge in [-0.3, -0.25) is 9.36 Å². The van der Waals surface area contributed by atoms with E-state index in [1.807, 2.05) is 16.7 Å². The molecule has 0 aliphatic heterocycles. The molecule has 0 spiro atoms. The van der Waals surface area contributed by atoms with Crippen LogP contribution in [0.3, 0.4) is 0 Å². The van der Waals surface area contributed by atoms with Gasteiger partial charge in [0.15, 0.2) is 21.9 Å². The van der Waals surface area contributed by atoms with Crippen molar-refractivity contribution in [2.75, 3.05) is 11.1 Å². The maximum Gasteiger partial charge on any atom is 0.236 e. The maximum atomic E-state index is 13.5. The molecule has 0 atom stereocenters. The molecule has 5 rings (SSSR count). The van der Waals surface area contributed by atoms with Crippen LogP contribution < -0.4 is 5.32 Å². The van der Waals surface area contributed by atoms with E-state index in [1.54, 1.807) is 11.6 Å². The molecule has 3 heterocycles. The molecule has 1 amide bonds. The molecule has 1 aliphatic carbocycles. The van der Waals surface area contributed by atoms with E-state index < -0.39 is 11.6 Å². The Labute approximate surface area is 189 Å². The number of anilines is 1. The van der Waals surface area contributed by atoms with E-state index in [1.165, 1.54) is 29.2 Å². The van der Waals surface area contributed by atoms with E-state index in [2.05, 4.69) is 20.5 Å². The first kappa shape index (κ1) is 20.8. The van der Waals surface area contributed by atoms with Gasteiger partial charge in [-0.15, -0.1) is 21.5 Å². The number of carbonyl (C=O) groups is 1. The zero-order chi connectivity index (χ0) is 22.1. The molecule has 3 aromatic heterocycles. The Kier molecular flexibility index (Phi) is 5.75. The zero-order valence-corrected chi connectivity index (χ0v) is 18.3. The number of nitrogens with zero attached hydrogens (tertiary/aromatic N) is 4. The van der Waals surface area contributed by atoms with Crippen LogP contribution in [-0.4, -0.2) is 31.4 Å². The summed E-state index contributed by atoms with van der Waals surface area (Å²) in [6.45, 7) is 0.514. The van der Waals surface area contributed by atoms with Crippen molar-refractivity contribution in [2.24, 2.45) is 0 Å². The van der Waals surface area contributed by atoms with Gasteiger partial charge in [0.05, 0.1) is 24.3 Å². The van der Waals surface area contributed by atoms with Gasteiger partial charge in [0.1, 0.15) is 11.6 Å². The number of hydrogen-bond donors (Lipinski definition) is 1. The molecular weight excluding hydrogens is 456 g/mol. The number of furan rings is 1. The Hall–Kier alpha value is -3.05. The standard InChI is InChI=1S/C21H17F2N5O2S2/c22-15-6-5-13(8-16(15)23)17-10-31-20(24-17)25-18(29)11-32-21-27-26-19(12-3-4-12)28(21)9-14-2-1-7-30-14/h1-2,5-8,10,12H,3-4,9,11H2,(H,24,25,29). The van der Waals surface area contributed by atoms with Gasteiger partial charge in [0.25, 0.3) is 0 Å². The van der Waals surface area contributed by atoms with Crippen LogP contribution in [-0.2, 0) is 11.3 Å². The van der Waals surface area contributed by atoms with Crippen molar-refractivity contribution >= 4 is 34.1 Å². The van der Waals surface area contributed by atoms with Crippen LogP contribution in [0.2, 0.25) is 0 Å². The van der Waals surface area contributed by atoms with Crippen LogP contribution in [0.4, 0.5) is 13.9 Å². The number of halogens is 2. The summed E-state index contributed by atoms with van der Waals surface area (Å²) in [5.74, 6) is 0.139. The van der Waals surface area contributed by atoms with Gasteiger partial charge in [0, 0.05) is 16.9 Å². The lowest BCUT2D eigenvalue weighted by molar-refractivity contribution is -0.113. The fraction of sp³-hybridized carbons (Fsp3) is 0.238. The summed E-state index contributed by atoms with van der Waals surface area (Å²) >= 11 is 2.50. The minimum Gasteiger partial charge on any atom is -0.467 e. The van der Waals surface area contributed by atoms with Crippen LogP contribution in [0, 0.1) is 11.6 Å². The summed E-state index contributed by atoms with van der Waals surface area (Å²) in [6, 6.07) is 7.30. The SMILES string of the molecule is O=C(CSc1nnc(C2CC2)n1Cc1ccco1)Nc1nc(-c2ccc(F)c(F)c2)cs1. The van der Waals surface area contributed by atoms with Crippen LogP contribution in [0.5, 0.6) is 0 Å². The number of hydrogen-bond acceptors (Lipinski definition) is 7. The Morgan fingerprint density at radius 3 is 2.88 bits per heavy atom. The van der Waals surface area contributed by atoms with Gasteiger partial charge in [-0.1, -0.05) is 11.8 Å². The average Bonchev–Trinajstić information content (AvgIpc) is 3.15. The number of thiazole rings is 1. The molecule has 11 heteroatoms. The molecule has 1 fully saturated rings. The summed E-state index contributed by atoms with van der Waals surface area (Å²) in [6.07, 6.45) is 3.80. The topological polar surface area (TPSA) is 85.8 Å². The van der Waals surface area contributed by atoms with Crippen molar-refractivity contribution in [2.45, 2.75) is 30.5 Å². The first-order valence-corrected chi connectivity index (χ1v) is 11.7. The number of aromatic nitrogens is 4. The Morgan fingerprint density at radius 1 is 1.25 bits per heavy atom. The largest absolute Gasteiger partial charge is 0.467 e. The normalized spacial score (nSPS) is 13.4. The lowest BCUT2D eigenvalue weighted by Gasteiger charge is -2.08. The number of rotatable bonds is 8. The summed E-state index contributed by atoms with van der Waals surface area (Å²) in [4.78, 5) is 16.8. The predicted molar refractivity (Wildman–Crippen MR) is 117 cm³/mol. The molecule has 164 valence electrons. The van der Waals surface area contributed by atoms with E-state index in [-0.39, 0.29) is 11.7 Å². The monoisotopic (exact) mass is 473 g/mol. The van der Waals surface area contributed by atoms with Crippen molar-refractivity contribution in [1.29, 1.82) is 0 Å². The highest BCUT2D eigenvalue weighted by Gasteiger charge is 2.30. The van der Waals surface area contributed by atoms with Crippen molar-refractivity contribution in [1.82, 2.24) is 19.7 Å². The second-order valence-electron chi connectivity index (χ2n) is 7.28. The van der Waals surface area contributed by atoms with Crippen LogP contribution in [0.1, 0.15) is 30.3 Å². The Morgan fingerprint density at radius 2 is 2.12 bits per heavy atom. The third kappa shape index (κ3) is 4.58.